The number of carbonyl (C=O) groups is 1. The van der Waals surface area contributed by atoms with Gasteiger partial charge in [-0.15, -0.1) is 0 Å². The first-order valence-electron chi connectivity index (χ1n) is 10.4. The van der Waals surface area contributed by atoms with Gasteiger partial charge >= 0.3 is 0 Å². The van der Waals surface area contributed by atoms with Crippen LogP contribution in [0.5, 0.6) is 5.75 Å². The van der Waals surface area contributed by atoms with Crippen LogP contribution in [0.1, 0.15) is 27.4 Å². The lowest BCUT2D eigenvalue weighted by Gasteiger charge is -2.09. The molecule has 0 fully saturated rings. The van der Waals surface area contributed by atoms with Gasteiger partial charge in [-0.25, -0.2) is 4.98 Å². The number of amides is 1. The summed E-state index contributed by atoms with van der Waals surface area (Å²) in [4.78, 5) is 21.7. The van der Waals surface area contributed by atoms with E-state index in [2.05, 4.69) is 20.4 Å². The Bertz CT molecular complexity index is 1450. The molecule has 0 saturated carbocycles. The molecule has 164 valence electrons. The maximum atomic E-state index is 12.9. The number of hydrogen-bond donors (Lipinski definition) is 1. The van der Waals surface area contributed by atoms with Crippen LogP contribution in [0, 0.1) is 6.92 Å². The molecule has 0 saturated heterocycles. The van der Waals surface area contributed by atoms with Crippen molar-refractivity contribution in [2.45, 2.75) is 13.3 Å². The average Bonchev–Trinajstić information content (AvgIpc) is 3.48. The number of nitrogens with one attached hydrogen (secondary N) is 1. The number of fused-ring (bicyclic) bond motifs is 1. The van der Waals surface area contributed by atoms with E-state index in [0.29, 0.717) is 40.7 Å². The zero-order valence-electron chi connectivity index (χ0n) is 18.1. The highest BCUT2D eigenvalue weighted by atomic mass is 16.5. The predicted molar refractivity (Wildman–Crippen MR) is 123 cm³/mol. The number of nitrogens with zero attached hydrogens (tertiary/aromatic N) is 4. The Hall–Kier alpha value is -4.46. The van der Waals surface area contributed by atoms with Crippen molar-refractivity contribution in [1.82, 2.24) is 19.5 Å². The highest BCUT2D eigenvalue weighted by Gasteiger charge is 2.16. The third-order valence-corrected chi connectivity index (χ3v) is 5.39. The van der Waals surface area contributed by atoms with Gasteiger partial charge in [-0.1, -0.05) is 35.5 Å². The largest absolute Gasteiger partial charge is 0.496 e. The molecule has 0 spiro atoms. The monoisotopic (exact) mass is 439 g/mol. The Labute approximate surface area is 189 Å². The Kier molecular flexibility index (Phi) is 5.32. The second-order valence-electron chi connectivity index (χ2n) is 7.56. The number of pyridine rings is 1. The summed E-state index contributed by atoms with van der Waals surface area (Å²) in [5.74, 6) is 1.45. The molecule has 0 unspecified atom stereocenters. The van der Waals surface area contributed by atoms with Gasteiger partial charge < -0.3 is 14.6 Å². The Morgan fingerprint density at radius 2 is 1.97 bits per heavy atom. The topological polar surface area (TPSA) is 94.6 Å². The molecule has 8 nitrogen and oxygen atoms in total. The molecule has 1 amide bonds. The number of imidazole rings is 1. The molecular weight excluding hydrogens is 418 g/mol. The normalized spacial score (nSPS) is 11.0. The Morgan fingerprint density at radius 1 is 1.12 bits per heavy atom. The van der Waals surface area contributed by atoms with Gasteiger partial charge in [0.05, 0.1) is 13.3 Å². The van der Waals surface area contributed by atoms with Crippen molar-refractivity contribution in [2.24, 2.45) is 0 Å². The van der Waals surface area contributed by atoms with Crippen molar-refractivity contribution in [3.63, 3.8) is 0 Å². The van der Waals surface area contributed by atoms with Crippen molar-refractivity contribution in [2.75, 3.05) is 12.4 Å². The fourth-order valence-corrected chi connectivity index (χ4v) is 3.64. The smallest absolute Gasteiger partial charge is 0.274 e. The molecule has 3 heterocycles. The van der Waals surface area contributed by atoms with Crippen molar-refractivity contribution in [3.8, 4) is 17.2 Å². The van der Waals surface area contributed by atoms with E-state index in [1.54, 1.807) is 17.7 Å². The molecule has 5 aromatic rings. The third kappa shape index (κ3) is 4.06. The lowest BCUT2D eigenvalue weighted by molar-refractivity contribution is 0.102. The summed E-state index contributed by atoms with van der Waals surface area (Å²) >= 11 is 0. The zero-order valence-corrected chi connectivity index (χ0v) is 18.1. The summed E-state index contributed by atoms with van der Waals surface area (Å²) in [5, 5.41) is 7.08. The summed E-state index contributed by atoms with van der Waals surface area (Å²) < 4.78 is 12.6. The number of methoxy groups -OCH3 is 1. The molecule has 0 aliphatic heterocycles. The number of benzene rings is 2. The van der Waals surface area contributed by atoms with Gasteiger partial charge in [0.1, 0.15) is 17.1 Å². The average molecular weight is 439 g/mol. The quantitative estimate of drug-likeness (QED) is 0.417. The van der Waals surface area contributed by atoms with Gasteiger partial charge in [-0.3, -0.25) is 9.20 Å². The molecule has 0 radical (unpaired) electrons. The summed E-state index contributed by atoms with van der Waals surface area (Å²) in [5.41, 5.74) is 4.42. The number of anilines is 1. The summed E-state index contributed by atoms with van der Waals surface area (Å²) in [7, 11) is 1.63. The minimum Gasteiger partial charge on any atom is -0.496 e. The Morgan fingerprint density at radius 3 is 2.85 bits per heavy atom. The van der Waals surface area contributed by atoms with E-state index < -0.39 is 0 Å². The molecule has 0 aliphatic carbocycles. The van der Waals surface area contributed by atoms with Crippen LogP contribution in [0.2, 0.25) is 0 Å². The molecule has 5 rings (SSSR count). The molecule has 2 aromatic carbocycles. The van der Waals surface area contributed by atoms with E-state index in [4.69, 9.17) is 9.26 Å². The molecule has 1 N–H and O–H groups in total. The van der Waals surface area contributed by atoms with E-state index in [9.17, 15) is 4.79 Å². The van der Waals surface area contributed by atoms with Crippen LogP contribution in [0.4, 0.5) is 5.69 Å². The number of ether oxygens (including phenoxy) is 1. The Balaban J connectivity index is 1.38. The first-order chi connectivity index (χ1) is 16.1. The van der Waals surface area contributed by atoms with Crippen LogP contribution < -0.4 is 10.1 Å². The van der Waals surface area contributed by atoms with Gasteiger partial charge in [0, 0.05) is 29.4 Å². The molecule has 3 aromatic heterocycles. The van der Waals surface area contributed by atoms with E-state index in [1.165, 1.54) is 0 Å². The molecule has 8 heteroatoms. The fourth-order valence-electron chi connectivity index (χ4n) is 3.64. The van der Waals surface area contributed by atoms with Gasteiger partial charge in [0.15, 0.2) is 5.82 Å². The maximum absolute atomic E-state index is 12.9. The van der Waals surface area contributed by atoms with Crippen LogP contribution in [0.15, 0.2) is 77.6 Å². The number of para-hydroxylation sites is 1. The van der Waals surface area contributed by atoms with Gasteiger partial charge in [0.2, 0.25) is 0 Å². The number of rotatable bonds is 6. The highest BCUT2D eigenvalue weighted by Crippen LogP contribution is 2.26. The summed E-state index contributed by atoms with van der Waals surface area (Å²) in [6, 6.07) is 18.9. The van der Waals surface area contributed by atoms with E-state index >= 15 is 0 Å². The predicted octanol–water partition coefficient (Wildman–Crippen LogP) is 4.54. The summed E-state index contributed by atoms with van der Waals surface area (Å²) in [6.07, 6.45) is 3.85. The molecule has 0 bridgehead atoms. The van der Waals surface area contributed by atoms with Crippen LogP contribution in [0.3, 0.4) is 0 Å². The molecular formula is C25H21N5O3. The van der Waals surface area contributed by atoms with Crippen LogP contribution >= 0.6 is 0 Å². The highest BCUT2D eigenvalue weighted by molar-refractivity contribution is 6.04. The lowest BCUT2D eigenvalue weighted by atomic mass is 10.1. The van der Waals surface area contributed by atoms with Gasteiger partial charge in [-0.2, -0.15) is 4.98 Å². The zero-order chi connectivity index (χ0) is 22.8. The minimum absolute atomic E-state index is 0.253. The number of carbonyl (C=O) groups excluding carboxylic acids is 1. The number of aromatic nitrogens is 4. The van der Waals surface area contributed by atoms with E-state index in [1.807, 2.05) is 73.8 Å². The van der Waals surface area contributed by atoms with E-state index in [-0.39, 0.29) is 5.91 Å². The SMILES string of the molecule is COc1ccccc1Cc1noc(-c2ccc(C)c(NC(=O)c3cnc4ccccn34)c2)n1. The first-order valence-corrected chi connectivity index (χ1v) is 10.4. The summed E-state index contributed by atoms with van der Waals surface area (Å²) in [6.45, 7) is 1.93. The van der Waals surface area contributed by atoms with Crippen molar-refractivity contribution in [1.29, 1.82) is 0 Å². The standard InChI is InChI=1S/C25H21N5O3/c1-16-10-11-18(25-28-22(29-33-25)14-17-7-3-4-8-21(17)32-2)13-19(16)27-24(31)20-15-26-23-9-5-6-12-30(20)23/h3-13,15H,14H2,1-2H3,(H,27,31). The number of hydrogen-bond acceptors (Lipinski definition) is 6. The fraction of sp³-hybridized carbons (Fsp3) is 0.120. The van der Waals surface area contributed by atoms with E-state index in [0.717, 1.165) is 16.9 Å². The molecule has 0 aliphatic rings. The van der Waals surface area contributed by atoms with Crippen molar-refractivity contribution >= 4 is 17.2 Å². The van der Waals surface area contributed by atoms with Crippen LogP contribution in [0.25, 0.3) is 17.1 Å². The van der Waals surface area contributed by atoms with Crippen molar-refractivity contribution in [3.05, 3.63) is 95.7 Å². The van der Waals surface area contributed by atoms with Gasteiger partial charge in [-0.05, 0) is 42.8 Å². The second-order valence-corrected chi connectivity index (χ2v) is 7.56. The molecule has 0 atom stereocenters. The van der Waals surface area contributed by atoms with Crippen LogP contribution in [-0.4, -0.2) is 32.5 Å². The van der Waals surface area contributed by atoms with Crippen LogP contribution in [-0.2, 0) is 6.42 Å². The molecule has 33 heavy (non-hydrogen) atoms. The second kappa shape index (κ2) is 8.58. The number of aryl methyl sites for hydroxylation is 1. The third-order valence-electron chi connectivity index (χ3n) is 5.39. The minimum atomic E-state index is -0.253. The first kappa shape index (κ1) is 20.4. The lowest BCUT2D eigenvalue weighted by Crippen LogP contribution is -2.15. The maximum Gasteiger partial charge on any atom is 0.274 e. The van der Waals surface area contributed by atoms with Crippen molar-refractivity contribution < 1.29 is 14.1 Å². The van der Waals surface area contributed by atoms with Gasteiger partial charge in [0.25, 0.3) is 11.8 Å².